The van der Waals surface area contributed by atoms with Crippen LogP contribution in [0.5, 0.6) is 0 Å². The fourth-order valence-corrected chi connectivity index (χ4v) is 3.24. The number of rotatable bonds is 3. The minimum atomic E-state index is 0.00315. The molecule has 0 spiro atoms. The molecule has 0 radical (unpaired) electrons. The molecule has 0 saturated heterocycles. The average Bonchev–Trinajstić information content (AvgIpc) is 2.92. The van der Waals surface area contributed by atoms with Crippen LogP contribution in [0.2, 0.25) is 0 Å². The number of imidazole rings is 1. The summed E-state index contributed by atoms with van der Waals surface area (Å²) in [5.41, 5.74) is 9.15. The lowest BCUT2D eigenvalue weighted by atomic mass is 10.1. The van der Waals surface area contributed by atoms with Gasteiger partial charge in [-0.2, -0.15) is 0 Å². The minimum Gasteiger partial charge on any atom is -0.322 e. The van der Waals surface area contributed by atoms with Gasteiger partial charge in [-0.3, -0.25) is 9.38 Å². The highest BCUT2D eigenvalue weighted by Crippen LogP contribution is 2.23. The molecule has 3 aromatic rings. The van der Waals surface area contributed by atoms with Gasteiger partial charge in [-0.25, -0.2) is 4.98 Å². The number of fused-ring (bicyclic) bond motifs is 1. The lowest BCUT2D eigenvalue weighted by molar-refractivity contribution is 0.697. The van der Waals surface area contributed by atoms with E-state index >= 15 is 0 Å². The van der Waals surface area contributed by atoms with Gasteiger partial charge in [-0.1, -0.05) is 0 Å². The summed E-state index contributed by atoms with van der Waals surface area (Å²) in [6.45, 7) is 0. The van der Waals surface area contributed by atoms with Crippen LogP contribution in [0.15, 0.2) is 29.5 Å². The Labute approximate surface area is 100 Å². The van der Waals surface area contributed by atoms with Crippen LogP contribution in [0.1, 0.15) is 16.6 Å². The predicted octanol–water partition coefficient (Wildman–Crippen LogP) is 2.09. The molecule has 0 saturated carbocycles. The van der Waals surface area contributed by atoms with Crippen molar-refractivity contribution in [3.8, 4) is 0 Å². The van der Waals surface area contributed by atoms with Crippen molar-refractivity contribution in [2.45, 2.75) is 12.5 Å². The van der Waals surface area contributed by atoms with Gasteiger partial charge in [0.05, 0.1) is 17.2 Å². The van der Waals surface area contributed by atoms with Crippen LogP contribution in [0.25, 0.3) is 4.96 Å². The SMILES string of the molecule is NC(Cc1cncs1)c1csc2nccn12. The molecule has 16 heavy (non-hydrogen) atoms. The van der Waals surface area contributed by atoms with Crippen LogP contribution in [-0.4, -0.2) is 14.4 Å². The lowest BCUT2D eigenvalue weighted by Gasteiger charge is -2.08. The molecular weight excluding hydrogens is 240 g/mol. The van der Waals surface area contributed by atoms with Gasteiger partial charge >= 0.3 is 0 Å². The molecule has 0 bridgehead atoms. The van der Waals surface area contributed by atoms with Crippen LogP contribution in [0.4, 0.5) is 0 Å². The number of nitrogens with two attached hydrogens (primary N) is 1. The minimum absolute atomic E-state index is 0.00315. The summed E-state index contributed by atoms with van der Waals surface area (Å²) in [5.74, 6) is 0. The van der Waals surface area contributed by atoms with Crippen LogP contribution in [0, 0.1) is 0 Å². The van der Waals surface area contributed by atoms with E-state index in [1.165, 1.54) is 4.88 Å². The van der Waals surface area contributed by atoms with E-state index in [0.717, 1.165) is 17.1 Å². The smallest absolute Gasteiger partial charge is 0.193 e. The zero-order valence-corrected chi connectivity index (χ0v) is 10.0. The number of hydrogen-bond acceptors (Lipinski definition) is 5. The summed E-state index contributed by atoms with van der Waals surface area (Å²) >= 11 is 3.26. The molecule has 0 aliphatic carbocycles. The number of nitrogens with zero attached hydrogens (tertiary/aromatic N) is 3. The first-order valence-electron chi connectivity index (χ1n) is 4.88. The van der Waals surface area contributed by atoms with Gasteiger partial charge in [0.25, 0.3) is 0 Å². The summed E-state index contributed by atoms with van der Waals surface area (Å²) in [6, 6.07) is 0.00315. The fraction of sp³-hybridized carbons (Fsp3) is 0.200. The molecule has 0 aliphatic rings. The van der Waals surface area contributed by atoms with E-state index in [4.69, 9.17) is 5.73 Å². The van der Waals surface area contributed by atoms with Gasteiger partial charge in [-0.05, 0) is 0 Å². The summed E-state index contributed by atoms with van der Waals surface area (Å²) in [5, 5.41) is 2.08. The highest BCUT2D eigenvalue weighted by molar-refractivity contribution is 7.15. The van der Waals surface area contributed by atoms with Crippen molar-refractivity contribution in [2.24, 2.45) is 5.73 Å². The second-order valence-electron chi connectivity index (χ2n) is 3.52. The zero-order chi connectivity index (χ0) is 11.0. The van der Waals surface area contributed by atoms with Crippen LogP contribution in [-0.2, 0) is 6.42 Å². The number of hydrogen-bond donors (Lipinski definition) is 1. The third kappa shape index (κ3) is 1.64. The van der Waals surface area contributed by atoms with E-state index in [-0.39, 0.29) is 6.04 Å². The van der Waals surface area contributed by atoms with Crippen LogP contribution in [0.3, 0.4) is 0 Å². The molecule has 1 atom stereocenters. The van der Waals surface area contributed by atoms with Crippen LogP contribution >= 0.6 is 22.7 Å². The average molecular weight is 250 g/mol. The topological polar surface area (TPSA) is 56.2 Å². The summed E-state index contributed by atoms with van der Waals surface area (Å²) in [4.78, 5) is 10.5. The van der Waals surface area contributed by atoms with Gasteiger partial charge in [-0.15, -0.1) is 22.7 Å². The normalized spacial score (nSPS) is 13.3. The van der Waals surface area contributed by atoms with Crippen molar-refractivity contribution < 1.29 is 0 Å². The molecule has 3 heterocycles. The Morgan fingerprint density at radius 1 is 1.44 bits per heavy atom. The maximum atomic E-state index is 6.19. The maximum Gasteiger partial charge on any atom is 0.193 e. The molecular formula is C10H10N4S2. The Balaban J connectivity index is 1.90. The van der Waals surface area contributed by atoms with Gasteiger partial charge in [0.2, 0.25) is 0 Å². The summed E-state index contributed by atoms with van der Waals surface area (Å²) < 4.78 is 2.05. The Hall–Kier alpha value is -1.24. The van der Waals surface area contributed by atoms with Crippen molar-refractivity contribution in [1.29, 1.82) is 0 Å². The molecule has 1 unspecified atom stereocenters. The first-order valence-corrected chi connectivity index (χ1v) is 6.64. The summed E-state index contributed by atoms with van der Waals surface area (Å²) in [6.07, 6.45) is 6.46. The number of aromatic nitrogens is 3. The molecule has 3 rings (SSSR count). The van der Waals surface area contributed by atoms with Gasteiger partial charge in [0.1, 0.15) is 0 Å². The standard InChI is InChI=1S/C10H10N4S2/c11-8(3-7-4-12-6-16-7)9-5-15-10-13-1-2-14(9)10/h1-2,4-6,8H,3,11H2. The second-order valence-corrected chi connectivity index (χ2v) is 5.33. The molecule has 6 heteroatoms. The first kappa shape index (κ1) is 9.95. The highest BCUT2D eigenvalue weighted by Gasteiger charge is 2.13. The van der Waals surface area contributed by atoms with E-state index in [2.05, 4.69) is 19.7 Å². The van der Waals surface area contributed by atoms with Crippen molar-refractivity contribution >= 4 is 27.6 Å². The van der Waals surface area contributed by atoms with E-state index in [0.29, 0.717) is 0 Å². The van der Waals surface area contributed by atoms with Crippen LogP contribution < -0.4 is 5.73 Å². The second kappa shape index (κ2) is 3.97. The summed E-state index contributed by atoms with van der Waals surface area (Å²) in [7, 11) is 0. The molecule has 82 valence electrons. The van der Waals surface area contributed by atoms with E-state index < -0.39 is 0 Å². The first-order chi connectivity index (χ1) is 7.84. The van der Waals surface area contributed by atoms with E-state index in [1.807, 2.05) is 17.9 Å². The van der Waals surface area contributed by atoms with Gasteiger partial charge in [0.15, 0.2) is 4.96 Å². The van der Waals surface area contributed by atoms with Crippen molar-refractivity contribution in [3.05, 3.63) is 40.1 Å². The molecule has 0 aromatic carbocycles. The molecule has 0 fully saturated rings. The lowest BCUT2D eigenvalue weighted by Crippen LogP contribution is -2.14. The van der Waals surface area contributed by atoms with E-state index in [9.17, 15) is 0 Å². The quantitative estimate of drug-likeness (QED) is 0.774. The highest BCUT2D eigenvalue weighted by atomic mass is 32.1. The van der Waals surface area contributed by atoms with Crippen molar-refractivity contribution in [2.75, 3.05) is 0 Å². The van der Waals surface area contributed by atoms with Gasteiger partial charge in [0, 0.05) is 35.3 Å². The Morgan fingerprint density at radius 2 is 2.38 bits per heavy atom. The Kier molecular flexibility index (Phi) is 2.47. The fourth-order valence-electron chi connectivity index (χ4n) is 1.67. The molecule has 3 aromatic heterocycles. The number of thiazole rings is 2. The van der Waals surface area contributed by atoms with Crippen molar-refractivity contribution in [3.63, 3.8) is 0 Å². The predicted molar refractivity (Wildman–Crippen MR) is 65.8 cm³/mol. The van der Waals surface area contributed by atoms with E-state index in [1.54, 1.807) is 28.9 Å². The van der Waals surface area contributed by atoms with Gasteiger partial charge < -0.3 is 5.73 Å². The zero-order valence-electron chi connectivity index (χ0n) is 8.41. The van der Waals surface area contributed by atoms with Crippen molar-refractivity contribution in [1.82, 2.24) is 14.4 Å². The Bertz CT molecular complexity index is 581. The monoisotopic (exact) mass is 250 g/mol. The molecule has 2 N–H and O–H groups in total. The molecule has 0 amide bonds. The Morgan fingerprint density at radius 3 is 3.19 bits per heavy atom. The maximum absolute atomic E-state index is 6.19. The molecule has 4 nitrogen and oxygen atoms in total. The third-order valence-corrected chi connectivity index (χ3v) is 4.13. The largest absolute Gasteiger partial charge is 0.322 e. The third-order valence-electron chi connectivity index (χ3n) is 2.45. The molecule has 0 aliphatic heterocycles.